The second-order valence-corrected chi connectivity index (χ2v) is 6.02. The lowest BCUT2D eigenvalue weighted by Gasteiger charge is -2.29. The van der Waals surface area contributed by atoms with E-state index in [0.29, 0.717) is 18.5 Å². The molecule has 1 saturated heterocycles. The Morgan fingerprint density at radius 3 is 2.78 bits per heavy atom. The molecule has 3 rings (SSSR count). The molecule has 1 fully saturated rings. The molecule has 1 aromatic carbocycles. The number of rotatable bonds is 5. The number of aliphatic hydroxyl groups is 1. The molecule has 6 nitrogen and oxygen atoms in total. The van der Waals surface area contributed by atoms with E-state index in [1.54, 1.807) is 11.0 Å². The lowest BCUT2D eigenvalue weighted by atomic mass is 9.99. The Balaban J connectivity index is 1.80. The van der Waals surface area contributed by atoms with Gasteiger partial charge in [0.25, 0.3) is 5.91 Å². The summed E-state index contributed by atoms with van der Waals surface area (Å²) in [6.07, 6.45) is 3.04. The quantitative estimate of drug-likeness (QED) is 0.620. The first-order valence-electron chi connectivity index (χ1n) is 7.98. The van der Waals surface area contributed by atoms with Crippen molar-refractivity contribution < 1.29 is 19.5 Å². The number of carbonyl (C=O) groups is 3. The minimum Gasteiger partial charge on any atom is -0.396 e. The van der Waals surface area contributed by atoms with Gasteiger partial charge in [-0.1, -0.05) is 12.1 Å². The smallest absolute Gasteiger partial charge is 0.255 e. The van der Waals surface area contributed by atoms with Gasteiger partial charge in [-0.3, -0.25) is 19.7 Å². The van der Waals surface area contributed by atoms with E-state index in [4.69, 9.17) is 5.11 Å². The number of nitrogens with zero attached hydrogens (tertiary/aromatic N) is 1. The van der Waals surface area contributed by atoms with Gasteiger partial charge in [0.2, 0.25) is 11.8 Å². The third-order valence-corrected chi connectivity index (χ3v) is 4.53. The third-order valence-electron chi connectivity index (χ3n) is 4.53. The van der Waals surface area contributed by atoms with Gasteiger partial charge in [-0.2, -0.15) is 0 Å². The van der Waals surface area contributed by atoms with Crippen molar-refractivity contribution in [3.63, 3.8) is 0 Å². The highest BCUT2D eigenvalue weighted by Crippen LogP contribution is 2.30. The Labute approximate surface area is 134 Å². The number of benzene rings is 1. The molecule has 3 amide bonds. The zero-order chi connectivity index (χ0) is 16.4. The van der Waals surface area contributed by atoms with Gasteiger partial charge in [-0.05, 0) is 42.9 Å². The molecular weight excluding hydrogens is 296 g/mol. The van der Waals surface area contributed by atoms with Gasteiger partial charge in [0.05, 0.1) is 0 Å². The van der Waals surface area contributed by atoms with Crippen LogP contribution in [0.4, 0.5) is 0 Å². The molecule has 0 aromatic heterocycles. The summed E-state index contributed by atoms with van der Waals surface area (Å²) in [4.78, 5) is 37.5. The average Bonchev–Trinajstić information content (AvgIpc) is 2.86. The first-order chi connectivity index (χ1) is 11.1. The highest BCUT2D eigenvalue weighted by atomic mass is 16.3. The molecule has 122 valence electrons. The second kappa shape index (κ2) is 6.50. The van der Waals surface area contributed by atoms with Crippen LogP contribution in [0.15, 0.2) is 18.2 Å². The molecule has 2 aliphatic heterocycles. The Morgan fingerprint density at radius 2 is 2.04 bits per heavy atom. The van der Waals surface area contributed by atoms with E-state index in [-0.39, 0.29) is 30.7 Å². The minimum atomic E-state index is -0.571. The fraction of sp³-hybridized carbons (Fsp3) is 0.471. The minimum absolute atomic E-state index is 0.140. The third kappa shape index (κ3) is 2.99. The Hall–Kier alpha value is -2.21. The number of hydrogen-bond donors (Lipinski definition) is 2. The van der Waals surface area contributed by atoms with Crippen LogP contribution in [-0.4, -0.2) is 40.4 Å². The van der Waals surface area contributed by atoms with Crippen molar-refractivity contribution >= 4 is 17.7 Å². The monoisotopic (exact) mass is 316 g/mol. The molecule has 1 aromatic rings. The summed E-state index contributed by atoms with van der Waals surface area (Å²) in [5.74, 6) is -0.803. The van der Waals surface area contributed by atoms with Crippen LogP contribution in [-0.2, 0) is 22.6 Å². The van der Waals surface area contributed by atoms with E-state index in [0.717, 1.165) is 30.4 Å². The van der Waals surface area contributed by atoms with Crippen LogP contribution in [0.5, 0.6) is 0 Å². The molecule has 0 saturated carbocycles. The molecule has 6 heteroatoms. The van der Waals surface area contributed by atoms with Crippen molar-refractivity contribution in [2.45, 2.75) is 44.7 Å². The van der Waals surface area contributed by atoms with E-state index >= 15 is 0 Å². The summed E-state index contributed by atoms with van der Waals surface area (Å²) >= 11 is 0. The van der Waals surface area contributed by atoms with Crippen LogP contribution in [0.1, 0.15) is 47.2 Å². The average molecular weight is 316 g/mol. The summed E-state index contributed by atoms with van der Waals surface area (Å²) in [6.45, 7) is 0.575. The first-order valence-corrected chi connectivity index (χ1v) is 7.98. The van der Waals surface area contributed by atoms with Crippen LogP contribution >= 0.6 is 0 Å². The van der Waals surface area contributed by atoms with Gasteiger partial charge in [0.1, 0.15) is 6.04 Å². The lowest BCUT2D eigenvalue weighted by molar-refractivity contribution is -0.136. The summed E-state index contributed by atoms with van der Waals surface area (Å²) in [5.41, 5.74) is 2.72. The van der Waals surface area contributed by atoms with E-state index in [1.807, 2.05) is 12.1 Å². The van der Waals surface area contributed by atoms with Crippen LogP contribution in [0.25, 0.3) is 0 Å². The van der Waals surface area contributed by atoms with E-state index < -0.39 is 6.04 Å². The normalized spacial score (nSPS) is 20.7. The summed E-state index contributed by atoms with van der Waals surface area (Å²) in [5, 5.41) is 11.2. The zero-order valence-corrected chi connectivity index (χ0v) is 12.9. The molecule has 2 N–H and O–H groups in total. The number of hydrogen-bond acceptors (Lipinski definition) is 4. The van der Waals surface area contributed by atoms with Gasteiger partial charge >= 0.3 is 0 Å². The van der Waals surface area contributed by atoms with Crippen molar-refractivity contribution in [1.29, 1.82) is 0 Å². The Morgan fingerprint density at radius 1 is 1.22 bits per heavy atom. The van der Waals surface area contributed by atoms with Crippen molar-refractivity contribution in [1.82, 2.24) is 10.2 Å². The molecule has 23 heavy (non-hydrogen) atoms. The topological polar surface area (TPSA) is 86.7 Å². The highest BCUT2D eigenvalue weighted by Gasteiger charge is 2.39. The predicted molar refractivity (Wildman–Crippen MR) is 82.5 cm³/mol. The maximum atomic E-state index is 12.6. The Kier molecular flexibility index (Phi) is 4.43. The molecule has 2 aliphatic rings. The van der Waals surface area contributed by atoms with Gasteiger partial charge < -0.3 is 10.0 Å². The van der Waals surface area contributed by atoms with Crippen LogP contribution in [0.2, 0.25) is 0 Å². The SMILES string of the molecule is O=C1CCC(N2Cc3c(CCCCO)cccc3C2=O)C(=O)N1. The maximum Gasteiger partial charge on any atom is 0.255 e. The molecule has 0 bridgehead atoms. The fourth-order valence-corrected chi connectivity index (χ4v) is 3.31. The summed E-state index contributed by atoms with van der Waals surface area (Å²) in [6, 6.07) is 5.08. The zero-order valence-electron chi connectivity index (χ0n) is 12.9. The van der Waals surface area contributed by atoms with Crippen molar-refractivity contribution in [2.75, 3.05) is 6.61 Å². The predicted octanol–water partition coefficient (Wildman–Crippen LogP) is 0.763. The van der Waals surface area contributed by atoms with Crippen molar-refractivity contribution in [3.8, 4) is 0 Å². The number of piperidine rings is 1. The van der Waals surface area contributed by atoms with Gasteiger partial charge in [0, 0.05) is 25.1 Å². The Bertz CT molecular complexity index is 656. The second-order valence-electron chi connectivity index (χ2n) is 6.02. The van der Waals surface area contributed by atoms with Crippen molar-refractivity contribution in [2.24, 2.45) is 0 Å². The standard InChI is InChI=1S/C17H20N2O4/c20-9-2-1-4-11-5-3-6-12-13(11)10-19(17(12)23)14-7-8-15(21)18-16(14)22/h3,5-6,14,20H,1-2,4,7-10H2,(H,18,21,22). The van der Waals surface area contributed by atoms with Gasteiger partial charge in [-0.15, -0.1) is 0 Å². The van der Waals surface area contributed by atoms with Crippen LogP contribution in [0.3, 0.4) is 0 Å². The van der Waals surface area contributed by atoms with Crippen molar-refractivity contribution in [3.05, 3.63) is 34.9 Å². The van der Waals surface area contributed by atoms with Crippen LogP contribution in [0, 0.1) is 0 Å². The molecular formula is C17H20N2O4. The summed E-state index contributed by atoms with van der Waals surface area (Å²) < 4.78 is 0. The molecule has 0 aliphatic carbocycles. The summed E-state index contributed by atoms with van der Waals surface area (Å²) in [7, 11) is 0. The number of unbranched alkanes of at least 4 members (excludes halogenated alkanes) is 1. The molecule has 0 radical (unpaired) electrons. The number of nitrogens with one attached hydrogen (secondary N) is 1. The largest absolute Gasteiger partial charge is 0.396 e. The first kappa shape index (κ1) is 15.7. The molecule has 1 atom stereocenters. The van der Waals surface area contributed by atoms with Crippen LogP contribution < -0.4 is 5.32 Å². The van der Waals surface area contributed by atoms with E-state index in [2.05, 4.69) is 5.32 Å². The highest BCUT2D eigenvalue weighted by molar-refractivity contribution is 6.05. The van der Waals surface area contributed by atoms with Gasteiger partial charge in [-0.25, -0.2) is 0 Å². The van der Waals surface area contributed by atoms with E-state index in [1.165, 1.54) is 0 Å². The number of amides is 3. The number of imide groups is 1. The number of aryl methyl sites for hydroxylation is 1. The fourth-order valence-electron chi connectivity index (χ4n) is 3.31. The van der Waals surface area contributed by atoms with Gasteiger partial charge in [0.15, 0.2) is 0 Å². The number of fused-ring (bicyclic) bond motifs is 1. The lowest BCUT2D eigenvalue weighted by Crippen LogP contribution is -2.52. The number of carbonyl (C=O) groups excluding carboxylic acids is 3. The van der Waals surface area contributed by atoms with E-state index in [9.17, 15) is 14.4 Å². The maximum absolute atomic E-state index is 12.6. The molecule has 2 heterocycles. The number of aliphatic hydroxyl groups excluding tert-OH is 1. The molecule has 0 spiro atoms. The molecule has 1 unspecified atom stereocenters.